The van der Waals surface area contributed by atoms with Crippen LogP contribution in [0.25, 0.3) is 5.57 Å². The van der Waals surface area contributed by atoms with Gasteiger partial charge in [0, 0.05) is 6.42 Å². The summed E-state index contributed by atoms with van der Waals surface area (Å²) >= 11 is 0. The highest BCUT2D eigenvalue weighted by molar-refractivity contribution is 5.70. The van der Waals surface area contributed by atoms with Crippen molar-refractivity contribution >= 4 is 5.57 Å². The molecule has 0 nitrogen and oxygen atoms in total. The normalized spacial score (nSPS) is 24.5. The van der Waals surface area contributed by atoms with E-state index in [0.717, 1.165) is 23.6 Å². The lowest BCUT2D eigenvalue weighted by Gasteiger charge is -2.30. The molecule has 18 heavy (non-hydrogen) atoms. The van der Waals surface area contributed by atoms with Gasteiger partial charge < -0.3 is 0 Å². The monoisotopic (exact) mass is 254 g/mol. The predicted octanol–water partition coefficient (Wildman–Crippen LogP) is 5.04. The van der Waals surface area contributed by atoms with E-state index in [1.165, 1.54) is 6.07 Å². The second kappa shape index (κ2) is 4.79. The van der Waals surface area contributed by atoms with E-state index < -0.39 is 17.3 Å². The topological polar surface area (TPSA) is 0 Å². The molecule has 0 fully saturated rings. The maximum atomic E-state index is 14.0. The molecule has 0 saturated heterocycles. The molecule has 0 amide bonds. The van der Waals surface area contributed by atoms with Crippen molar-refractivity contribution in [3.8, 4) is 0 Å². The van der Waals surface area contributed by atoms with Crippen molar-refractivity contribution in [1.29, 1.82) is 0 Å². The van der Waals surface area contributed by atoms with Gasteiger partial charge in [-0.25, -0.2) is 13.2 Å². The molecule has 1 aliphatic rings. The van der Waals surface area contributed by atoms with Gasteiger partial charge in [-0.15, -0.1) is 0 Å². The van der Waals surface area contributed by atoms with Crippen LogP contribution in [0.4, 0.5) is 13.2 Å². The quantitative estimate of drug-likeness (QED) is 0.693. The number of allylic oxidation sites excluding steroid dienone is 2. The Kier molecular flexibility index (Phi) is 3.51. The van der Waals surface area contributed by atoms with Gasteiger partial charge in [-0.05, 0) is 49.5 Å². The molecule has 1 aliphatic carbocycles. The molecule has 2 rings (SSSR count). The van der Waals surface area contributed by atoms with E-state index in [0.29, 0.717) is 24.8 Å². The molecule has 1 unspecified atom stereocenters. The lowest BCUT2D eigenvalue weighted by molar-refractivity contribution is 0.170. The van der Waals surface area contributed by atoms with Gasteiger partial charge >= 0.3 is 0 Å². The minimum Gasteiger partial charge on any atom is -0.244 e. The largest absolute Gasteiger partial charge is 0.244 e. The number of rotatable bonds is 2. The number of alkyl halides is 1. The van der Waals surface area contributed by atoms with Crippen molar-refractivity contribution in [3.63, 3.8) is 0 Å². The summed E-state index contributed by atoms with van der Waals surface area (Å²) in [5, 5.41) is 0. The Bertz CT molecular complexity index is 487. The lowest BCUT2D eigenvalue weighted by Crippen LogP contribution is -2.23. The van der Waals surface area contributed by atoms with Crippen LogP contribution in [0.1, 0.15) is 45.1 Å². The Morgan fingerprint density at radius 1 is 1.22 bits per heavy atom. The molecule has 1 aromatic carbocycles. The van der Waals surface area contributed by atoms with Gasteiger partial charge in [0.25, 0.3) is 0 Å². The first kappa shape index (κ1) is 13.2. The van der Waals surface area contributed by atoms with E-state index in [1.54, 1.807) is 13.0 Å². The highest BCUT2D eigenvalue weighted by atomic mass is 19.2. The predicted molar refractivity (Wildman–Crippen MR) is 66.9 cm³/mol. The molecule has 0 aliphatic heterocycles. The van der Waals surface area contributed by atoms with Crippen LogP contribution in [0, 0.1) is 11.6 Å². The molecule has 0 saturated carbocycles. The Labute approximate surface area is 106 Å². The minimum atomic E-state index is -1.17. The molecule has 3 heteroatoms. The van der Waals surface area contributed by atoms with Crippen LogP contribution in [0.3, 0.4) is 0 Å². The van der Waals surface area contributed by atoms with Gasteiger partial charge in [-0.2, -0.15) is 0 Å². The van der Waals surface area contributed by atoms with Crippen LogP contribution in [0.5, 0.6) is 0 Å². The van der Waals surface area contributed by atoms with Gasteiger partial charge in [-0.1, -0.05) is 18.6 Å². The van der Waals surface area contributed by atoms with Crippen LogP contribution in [0.15, 0.2) is 23.8 Å². The van der Waals surface area contributed by atoms with Gasteiger partial charge in [-0.3, -0.25) is 0 Å². The summed E-state index contributed by atoms with van der Waals surface area (Å²) in [4.78, 5) is 0. The zero-order chi connectivity index (χ0) is 13.3. The van der Waals surface area contributed by atoms with Crippen LogP contribution >= 0.6 is 0 Å². The van der Waals surface area contributed by atoms with E-state index in [4.69, 9.17) is 0 Å². The summed E-state index contributed by atoms with van der Waals surface area (Å²) in [7, 11) is 0. The van der Waals surface area contributed by atoms with Crippen molar-refractivity contribution in [2.75, 3.05) is 0 Å². The molecule has 1 aromatic rings. The number of halogens is 3. The summed E-state index contributed by atoms with van der Waals surface area (Å²) in [6.07, 6.45) is 2.15. The van der Waals surface area contributed by atoms with Crippen LogP contribution in [0.2, 0.25) is 0 Å². The van der Waals surface area contributed by atoms with Gasteiger partial charge in [0.15, 0.2) is 11.6 Å². The number of hydrogen-bond acceptors (Lipinski definition) is 0. The summed E-state index contributed by atoms with van der Waals surface area (Å²) in [5.74, 6) is -1.69. The summed E-state index contributed by atoms with van der Waals surface area (Å²) in [5.41, 5.74) is 1.50. The molecule has 0 radical (unpaired) electrons. The van der Waals surface area contributed by atoms with E-state index in [2.05, 4.69) is 0 Å². The van der Waals surface area contributed by atoms with Crippen LogP contribution in [-0.4, -0.2) is 5.67 Å². The maximum Gasteiger partial charge on any atom is 0.159 e. The molecule has 0 aromatic heterocycles. The fourth-order valence-corrected chi connectivity index (χ4v) is 2.57. The Morgan fingerprint density at radius 3 is 2.56 bits per heavy atom. The Morgan fingerprint density at radius 2 is 1.94 bits per heavy atom. The second-order valence-electron chi connectivity index (χ2n) is 5.15. The average Bonchev–Trinajstić information content (AvgIpc) is 2.32. The van der Waals surface area contributed by atoms with E-state index in [1.807, 2.05) is 6.92 Å². The highest BCUT2D eigenvalue weighted by Crippen LogP contribution is 2.40. The summed E-state index contributed by atoms with van der Waals surface area (Å²) in [6, 6.07) is 3.92. The van der Waals surface area contributed by atoms with Crippen LogP contribution < -0.4 is 0 Å². The fraction of sp³-hybridized carbons (Fsp3) is 0.467. The third-order valence-corrected chi connectivity index (χ3v) is 3.60. The standard InChI is InChI=1S/C15H17F3/c1-3-10-9-15(2,18)7-6-12(10)11-4-5-13(16)14(17)8-11/h4-5,8H,3,6-7,9H2,1-2H3. The molecule has 98 valence electrons. The zero-order valence-electron chi connectivity index (χ0n) is 10.7. The van der Waals surface area contributed by atoms with E-state index >= 15 is 0 Å². The minimum absolute atomic E-state index is 0.387. The number of benzene rings is 1. The van der Waals surface area contributed by atoms with Gasteiger partial charge in [0.1, 0.15) is 5.67 Å². The average molecular weight is 254 g/mol. The van der Waals surface area contributed by atoms with E-state index in [9.17, 15) is 13.2 Å². The van der Waals surface area contributed by atoms with Gasteiger partial charge in [0.05, 0.1) is 0 Å². The van der Waals surface area contributed by atoms with Crippen molar-refractivity contribution in [3.05, 3.63) is 41.0 Å². The van der Waals surface area contributed by atoms with Crippen molar-refractivity contribution in [2.24, 2.45) is 0 Å². The highest BCUT2D eigenvalue weighted by Gasteiger charge is 2.30. The van der Waals surface area contributed by atoms with Crippen LogP contribution in [-0.2, 0) is 0 Å². The lowest BCUT2D eigenvalue weighted by atomic mass is 9.79. The van der Waals surface area contributed by atoms with Crippen molar-refractivity contribution in [1.82, 2.24) is 0 Å². The third kappa shape index (κ3) is 2.60. The van der Waals surface area contributed by atoms with Crippen molar-refractivity contribution in [2.45, 2.75) is 45.2 Å². The maximum absolute atomic E-state index is 14.0. The first-order chi connectivity index (χ1) is 8.43. The first-order valence-corrected chi connectivity index (χ1v) is 6.28. The van der Waals surface area contributed by atoms with Gasteiger partial charge in [0.2, 0.25) is 0 Å². The fourth-order valence-electron chi connectivity index (χ4n) is 2.57. The molecule has 1 atom stereocenters. The molecule has 0 N–H and O–H groups in total. The molecular formula is C15H17F3. The van der Waals surface area contributed by atoms with E-state index in [-0.39, 0.29) is 0 Å². The molecular weight excluding hydrogens is 237 g/mol. The number of hydrogen-bond donors (Lipinski definition) is 0. The first-order valence-electron chi connectivity index (χ1n) is 6.28. The van der Waals surface area contributed by atoms with Crippen molar-refractivity contribution < 1.29 is 13.2 Å². The SMILES string of the molecule is CCC1=C(c2ccc(F)c(F)c2)CCC(C)(F)C1. The molecule has 0 spiro atoms. The molecule has 0 bridgehead atoms. The summed E-state index contributed by atoms with van der Waals surface area (Å²) < 4.78 is 40.1. The molecule has 0 heterocycles. The third-order valence-electron chi connectivity index (χ3n) is 3.60. The zero-order valence-corrected chi connectivity index (χ0v) is 10.7. The Balaban J connectivity index is 2.41. The second-order valence-corrected chi connectivity index (χ2v) is 5.15. The summed E-state index contributed by atoms with van der Waals surface area (Å²) in [6.45, 7) is 3.57. The Hall–Kier alpha value is -1.25. The smallest absolute Gasteiger partial charge is 0.159 e.